The van der Waals surface area contributed by atoms with E-state index < -0.39 is 35.4 Å². The van der Waals surface area contributed by atoms with Crippen molar-refractivity contribution < 1.29 is 27.0 Å². The van der Waals surface area contributed by atoms with E-state index in [-0.39, 0.29) is 42.3 Å². The van der Waals surface area contributed by atoms with Crippen molar-refractivity contribution in [2.45, 2.75) is 50.9 Å². The lowest BCUT2D eigenvalue weighted by molar-refractivity contribution is -0.0721. The fourth-order valence-corrected chi connectivity index (χ4v) is 3.69. The molecule has 0 spiro atoms. The van der Waals surface area contributed by atoms with Crippen molar-refractivity contribution in [2.75, 3.05) is 33.4 Å². The third-order valence-electron chi connectivity index (χ3n) is 5.37. The zero-order valence-electron chi connectivity index (χ0n) is 16.9. The summed E-state index contributed by atoms with van der Waals surface area (Å²) in [5.74, 6) is -5.22. The van der Waals surface area contributed by atoms with E-state index in [4.69, 9.17) is 9.47 Å². The van der Waals surface area contributed by atoms with Gasteiger partial charge in [-0.15, -0.1) is 24.0 Å². The number of rotatable bonds is 5. The standard InChI is InChI=1S/C20H27F4N3O2.HI/c1-25-20(26-11-15-18(23)16(21)10-17(22)19(15)24)27-7-5-13(6-8-27)29-12-14-4-2-3-9-28-14;/h10,13-14H,2-9,11-12H2,1H3,(H,25,26);1H. The molecule has 2 aliphatic rings. The summed E-state index contributed by atoms with van der Waals surface area (Å²) in [5.41, 5.74) is -0.686. The molecule has 0 saturated carbocycles. The number of aliphatic imine (C=N–C) groups is 1. The van der Waals surface area contributed by atoms with Gasteiger partial charge in [0.1, 0.15) is 0 Å². The van der Waals surface area contributed by atoms with Crippen LogP contribution >= 0.6 is 24.0 Å². The Morgan fingerprint density at radius 3 is 2.37 bits per heavy atom. The highest BCUT2D eigenvalue weighted by Gasteiger charge is 2.25. The Morgan fingerprint density at radius 2 is 1.80 bits per heavy atom. The van der Waals surface area contributed by atoms with Crippen molar-refractivity contribution >= 4 is 29.9 Å². The Hall–Kier alpha value is -1.14. The first-order valence-corrected chi connectivity index (χ1v) is 10.00. The van der Waals surface area contributed by atoms with Crippen LogP contribution in [0.3, 0.4) is 0 Å². The van der Waals surface area contributed by atoms with E-state index in [1.54, 1.807) is 7.05 Å². The molecule has 1 atom stereocenters. The highest BCUT2D eigenvalue weighted by molar-refractivity contribution is 14.0. The predicted molar refractivity (Wildman–Crippen MR) is 116 cm³/mol. The zero-order valence-corrected chi connectivity index (χ0v) is 19.3. The molecule has 0 radical (unpaired) electrons. The summed E-state index contributed by atoms with van der Waals surface area (Å²) >= 11 is 0. The third-order valence-corrected chi connectivity index (χ3v) is 5.37. The number of ether oxygens (including phenoxy) is 2. The molecule has 0 amide bonds. The molecule has 1 unspecified atom stereocenters. The fraction of sp³-hybridized carbons (Fsp3) is 0.650. The van der Waals surface area contributed by atoms with Crippen molar-refractivity contribution in [3.8, 4) is 0 Å². The summed E-state index contributed by atoms with van der Waals surface area (Å²) in [6, 6.07) is 0.201. The second-order valence-corrected chi connectivity index (χ2v) is 7.36. The van der Waals surface area contributed by atoms with Crippen LogP contribution in [0, 0.1) is 23.3 Å². The highest BCUT2D eigenvalue weighted by Crippen LogP contribution is 2.20. The molecule has 2 saturated heterocycles. The van der Waals surface area contributed by atoms with E-state index in [0.717, 1.165) is 32.3 Å². The van der Waals surface area contributed by atoms with Gasteiger partial charge in [0.15, 0.2) is 29.2 Å². The van der Waals surface area contributed by atoms with E-state index in [2.05, 4.69) is 10.3 Å². The molecule has 3 rings (SSSR count). The smallest absolute Gasteiger partial charge is 0.193 e. The van der Waals surface area contributed by atoms with Gasteiger partial charge in [-0.05, 0) is 32.1 Å². The predicted octanol–water partition coefficient (Wildman–Crippen LogP) is 3.99. The van der Waals surface area contributed by atoms with E-state index in [9.17, 15) is 17.6 Å². The molecule has 1 aromatic carbocycles. The largest absolute Gasteiger partial charge is 0.376 e. The molecular weight excluding hydrogens is 517 g/mol. The molecule has 0 bridgehead atoms. The van der Waals surface area contributed by atoms with Crippen molar-refractivity contribution in [2.24, 2.45) is 4.99 Å². The number of benzene rings is 1. The van der Waals surface area contributed by atoms with Crippen LogP contribution in [-0.4, -0.2) is 56.4 Å². The summed E-state index contributed by atoms with van der Waals surface area (Å²) in [4.78, 5) is 6.05. The average molecular weight is 545 g/mol. The van der Waals surface area contributed by atoms with Gasteiger partial charge >= 0.3 is 0 Å². The fourth-order valence-electron chi connectivity index (χ4n) is 3.69. The van der Waals surface area contributed by atoms with Gasteiger partial charge in [0.25, 0.3) is 0 Å². The maximum absolute atomic E-state index is 13.8. The molecule has 2 fully saturated rings. The summed E-state index contributed by atoms with van der Waals surface area (Å²) < 4.78 is 66.0. The van der Waals surface area contributed by atoms with Gasteiger partial charge < -0.3 is 19.7 Å². The first kappa shape index (κ1) is 25.1. The van der Waals surface area contributed by atoms with Crippen LogP contribution in [0.5, 0.6) is 0 Å². The Kier molecular flexibility index (Phi) is 10.1. The number of halogens is 5. The van der Waals surface area contributed by atoms with Gasteiger partial charge in [0.2, 0.25) is 0 Å². The molecule has 30 heavy (non-hydrogen) atoms. The minimum Gasteiger partial charge on any atom is -0.376 e. The van der Waals surface area contributed by atoms with Crippen LogP contribution in [0.15, 0.2) is 11.1 Å². The van der Waals surface area contributed by atoms with Crippen molar-refractivity contribution in [3.05, 3.63) is 34.9 Å². The van der Waals surface area contributed by atoms with Crippen LogP contribution in [-0.2, 0) is 16.0 Å². The third kappa shape index (κ3) is 6.43. The number of likely N-dealkylation sites (tertiary alicyclic amines) is 1. The topological polar surface area (TPSA) is 46.1 Å². The second kappa shape index (κ2) is 12.0. The lowest BCUT2D eigenvalue weighted by Crippen LogP contribution is -2.47. The minimum atomic E-state index is -1.42. The average Bonchev–Trinajstić information content (AvgIpc) is 2.75. The maximum atomic E-state index is 13.8. The minimum absolute atomic E-state index is 0. The number of hydrogen-bond acceptors (Lipinski definition) is 3. The molecular formula is C20H28F4IN3O2. The first-order chi connectivity index (χ1) is 14.0. The summed E-state index contributed by atoms with van der Waals surface area (Å²) in [6.07, 6.45) is 5.18. The Bertz CT molecular complexity index is 698. The van der Waals surface area contributed by atoms with E-state index >= 15 is 0 Å². The molecule has 2 heterocycles. The van der Waals surface area contributed by atoms with Gasteiger partial charge in [-0.2, -0.15) is 0 Å². The number of hydrogen-bond donors (Lipinski definition) is 1. The maximum Gasteiger partial charge on any atom is 0.193 e. The van der Waals surface area contributed by atoms with Crippen molar-refractivity contribution in [1.29, 1.82) is 0 Å². The van der Waals surface area contributed by atoms with Crippen molar-refractivity contribution in [1.82, 2.24) is 10.2 Å². The highest BCUT2D eigenvalue weighted by atomic mass is 127. The quantitative estimate of drug-likeness (QED) is 0.200. The molecule has 1 aromatic rings. The molecule has 170 valence electrons. The van der Waals surface area contributed by atoms with Crippen molar-refractivity contribution in [3.63, 3.8) is 0 Å². The van der Waals surface area contributed by atoms with Crippen LogP contribution < -0.4 is 5.32 Å². The van der Waals surface area contributed by atoms with Crippen LogP contribution in [0.2, 0.25) is 0 Å². The summed E-state index contributed by atoms with van der Waals surface area (Å²) in [5, 5.41) is 2.79. The second-order valence-electron chi connectivity index (χ2n) is 7.36. The van der Waals surface area contributed by atoms with Crippen LogP contribution in [0.25, 0.3) is 0 Å². The first-order valence-electron chi connectivity index (χ1n) is 10.00. The van der Waals surface area contributed by atoms with Gasteiger partial charge in [-0.3, -0.25) is 4.99 Å². The van der Waals surface area contributed by atoms with E-state index in [0.29, 0.717) is 25.7 Å². The number of nitrogens with one attached hydrogen (secondary N) is 1. The number of piperidine rings is 1. The molecule has 0 aliphatic carbocycles. The molecule has 1 N–H and O–H groups in total. The molecule has 10 heteroatoms. The lowest BCUT2D eigenvalue weighted by atomic mass is 10.1. The Morgan fingerprint density at radius 1 is 1.13 bits per heavy atom. The summed E-state index contributed by atoms with van der Waals surface area (Å²) in [6.45, 7) is 2.29. The SMILES string of the molecule is CN=C(NCc1c(F)c(F)cc(F)c1F)N1CCC(OCC2CCCCO2)CC1.I. The Labute approximate surface area is 191 Å². The zero-order chi connectivity index (χ0) is 20.8. The Balaban J connectivity index is 0.00000320. The van der Waals surface area contributed by atoms with Gasteiger partial charge in [-0.1, -0.05) is 0 Å². The number of guanidine groups is 1. The van der Waals surface area contributed by atoms with Crippen LogP contribution in [0.1, 0.15) is 37.7 Å². The lowest BCUT2D eigenvalue weighted by Gasteiger charge is -2.35. The van der Waals surface area contributed by atoms with Gasteiger partial charge in [0.05, 0.1) is 18.8 Å². The molecule has 2 aliphatic heterocycles. The van der Waals surface area contributed by atoms with E-state index in [1.165, 1.54) is 6.42 Å². The van der Waals surface area contributed by atoms with Crippen LogP contribution in [0.4, 0.5) is 17.6 Å². The van der Waals surface area contributed by atoms with E-state index in [1.807, 2.05) is 4.90 Å². The van der Waals surface area contributed by atoms with Gasteiger partial charge in [-0.25, -0.2) is 17.6 Å². The normalized spacial score (nSPS) is 20.8. The molecule has 0 aromatic heterocycles. The van der Waals surface area contributed by atoms with Gasteiger partial charge in [0, 0.05) is 44.9 Å². The number of nitrogens with zero attached hydrogens (tertiary/aromatic N) is 2. The monoisotopic (exact) mass is 545 g/mol. The summed E-state index contributed by atoms with van der Waals surface area (Å²) in [7, 11) is 1.55. The molecule has 5 nitrogen and oxygen atoms in total.